The van der Waals surface area contributed by atoms with Gasteiger partial charge in [0.1, 0.15) is 17.7 Å². The molecule has 1 fully saturated rings. The first-order chi connectivity index (χ1) is 17.5. The summed E-state index contributed by atoms with van der Waals surface area (Å²) in [5, 5.41) is 13.1. The summed E-state index contributed by atoms with van der Waals surface area (Å²) in [4.78, 5) is 27.2. The highest BCUT2D eigenvalue weighted by atomic mass is 16.5. The number of ether oxygens (including phenoxy) is 3. The van der Waals surface area contributed by atoms with E-state index in [2.05, 4.69) is 0 Å². The minimum absolute atomic E-state index is 0.0858. The second kappa shape index (κ2) is 11.5. The molecule has 0 bridgehead atoms. The maximum Gasteiger partial charge on any atom is 0.319 e. The zero-order valence-corrected chi connectivity index (χ0v) is 23.2. The Morgan fingerprint density at radius 3 is 2.08 bits per heavy atom. The van der Waals surface area contributed by atoms with Gasteiger partial charge in [0.25, 0.3) is 0 Å². The molecule has 1 saturated heterocycles. The van der Waals surface area contributed by atoms with E-state index in [9.17, 15) is 14.7 Å². The highest BCUT2D eigenvalue weighted by Gasteiger charge is 2.54. The summed E-state index contributed by atoms with van der Waals surface area (Å²) in [7, 11) is 4.68. The molecule has 0 aliphatic carbocycles. The number of likely N-dealkylation sites (tertiary alicyclic amines) is 1. The Labute approximate surface area is 220 Å². The lowest BCUT2D eigenvalue weighted by Gasteiger charge is -2.51. The van der Waals surface area contributed by atoms with E-state index in [4.69, 9.17) is 14.2 Å². The summed E-state index contributed by atoms with van der Waals surface area (Å²) in [6.07, 6.45) is 2.33. The average Bonchev–Trinajstić information content (AvgIpc) is 2.87. The first-order valence-electron chi connectivity index (χ1n) is 13.0. The third-order valence-corrected chi connectivity index (χ3v) is 7.59. The predicted octanol–water partition coefficient (Wildman–Crippen LogP) is 4.70. The van der Waals surface area contributed by atoms with Crippen LogP contribution in [0.2, 0.25) is 0 Å². The largest absolute Gasteiger partial charge is 0.544 e. The molecule has 0 saturated carbocycles. The minimum Gasteiger partial charge on any atom is -0.544 e. The van der Waals surface area contributed by atoms with Crippen LogP contribution in [0.25, 0.3) is 0 Å². The van der Waals surface area contributed by atoms with E-state index in [1.54, 1.807) is 21.3 Å². The van der Waals surface area contributed by atoms with Gasteiger partial charge in [0.2, 0.25) is 5.75 Å². The molecular weight excluding hydrogens is 470 g/mol. The number of benzene rings is 2. The molecule has 202 valence electrons. The van der Waals surface area contributed by atoms with Crippen LogP contribution in [-0.4, -0.2) is 45.8 Å². The van der Waals surface area contributed by atoms with Gasteiger partial charge in [0.15, 0.2) is 11.5 Å². The van der Waals surface area contributed by atoms with Crippen molar-refractivity contribution in [3.63, 3.8) is 0 Å². The lowest BCUT2D eigenvalue weighted by Crippen LogP contribution is -2.71. The van der Waals surface area contributed by atoms with Crippen molar-refractivity contribution in [3.05, 3.63) is 48.0 Å². The number of quaternary nitrogens is 1. The third-order valence-electron chi connectivity index (χ3n) is 7.59. The van der Waals surface area contributed by atoms with E-state index in [1.807, 2.05) is 70.2 Å². The number of piperidine rings is 1. The molecule has 4 atom stereocenters. The van der Waals surface area contributed by atoms with Crippen LogP contribution in [0, 0.1) is 11.3 Å². The fraction of sp³-hybridized carbons (Fsp3) is 0.533. The number of para-hydroxylation sites is 1. The summed E-state index contributed by atoms with van der Waals surface area (Å²) in [5.41, 5.74) is 1.31. The van der Waals surface area contributed by atoms with Gasteiger partial charge in [-0.15, -0.1) is 0 Å². The summed E-state index contributed by atoms with van der Waals surface area (Å²) < 4.78 is 16.4. The molecule has 0 spiro atoms. The van der Waals surface area contributed by atoms with E-state index in [0.29, 0.717) is 42.3 Å². The number of carbonyl (C=O) groups is 2. The van der Waals surface area contributed by atoms with E-state index >= 15 is 0 Å². The zero-order chi connectivity index (χ0) is 27.4. The highest BCUT2D eigenvalue weighted by Crippen LogP contribution is 2.48. The maximum atomic E-state index is 14.2. The van der Waals surface area contributed by atoms with Crippen LogP contribution in [0.1, 0.15) is 64.9 Å². The standard InChI is InChI=1S/C30H41NO6/c1-8-22(20-17-24(35-5)28(37-7)25(18-20)36-6)23-15-12-16-31(27(23)29(33)34,21-13-10-9-11-14-21)26(32)19-30(2,3)4/h9-11,13-14,17-18,22-23,27H,8,12,15-16,19H2,1-7H3. The Morgan fingerprint density at radius 2 is 1.62 bits per heavy atom. The van der Waals surface area contributed by atoms with Gasteiger partial charge in [-0.2, -0.15) is 0 Å². The quantitative estimate of drug-likeness (QED) is 0.454. The predicted molar refractivity (Wildman–Crippen MR) is 143 cm³/mol. The highest BCUT2D eigenvalue weighted by molar-refractivity contribution is 5.95. The van der Waals surface area contributed by atoms with E-state index in [-0.39, 0.29) is 34.1 Å². The van der Waals surface area contributed by atoms with Crippen molar-refractivity contribution in [2.75, 3.05) is 27.9 Å². The zero-order valence-electron chi connectivity index (χ0n) is 23.2. The van der Waals surface area contributed by atoms with Crippen LogP contribution < -0.4 is 23.8 Å². The monoisotopic (exact) mass is 511 g/mol. The molecule has 1 amide bonds. The maximum absolute atomic E-state index is 14.2. The lowest BCUT2D eigenvalue weighted by atomic mass is 9.72. The number of aliphatic carboxylic acids is 1. The molecule has 0 N–H and O–H groups in total. The van der Waals surface area contributed by atoms with Crippen LogP contribution in [0.5, 0.6) is 17.2 Å². The molecule has 1 aliphatic rings. The molecule has 7 nitrogen and oxygen atoms in total. The Bertz CT molecular complexity index is 1070. The van der Waals surface area contributed by atoms with Crippen molar-refractivity contribution in [2.24, 2.45) is 11.3 Å². The van der Waals surface area contributed by atoms with Crippen LogP contribution in [0.3, 0.4) is 0 Å². The molecule has 0 radical (unpaired) electrons. The fourth-order valence-electron chi connectivity index (χ4n) is 6.08. The Hall–Kier alpha value is -3.06. The molecule has 2 aromatic rings. The Kier molecular flexibility index (Phi) is 8.90. The van der Waals surface area contributed by atoms with Crippen molar-refractivity contribution in [2.45, 2.75) is 65.3 Å². The number of rotatable bonds is 9. The normalized spacial score (nSPS) is 22.7. The number of hydrogen-bond acceptors (Lipinski definition) is 6. The number of carbonyl (C=O) groups excluding carboxylic acids is 2. The first kappa shape index (κ1) is 28.5. The summed E-state index contributed by atoms with van der Waals surface area (Å²) >= 11 is 0. The molecule has 1 heterocycles. The number of methoxy groups -OCH3 is 3. The Balaban J connectivity index is 2.21. The van der Waals surface area contributed by atoms with Crippen molar-refractivity contribution < 1.29 is 28.9 Å². The van der Waals surface area contributed by atoms with E-state index < -0.39 is 12.0 Å². The molecular formula is C30H41NO6. The van der Waals surface area contributed by atoms with Gasteiger partial charge in [-0.1, -0.05) is 45.9 Å². The number of hydrogen-bond donors (Lipinski definition) is 0. The number of carboxylic acids is 1. The second-order valence-electron chi connectivity index (χ2n) is 11.1. The number of amides is 1. The molecule has 4 unspecified atom stereocenters. The van der Waals surface area contributed by atoms with Crippen LogP contribution in [-0.2, 0) is 9.59 Å². The molecule has 2 aromatic carbocycles. The summed E-state index contributed by atoms with van der Waals surface area (Å²) in [6, 6.07) is 12.1. The topological polar surface area (TPSA) is 84.9 Å². The fourth-order valence-corrected chi connectivity index (χ4v) is 6.08. The second-order valence-corrected chi connectivity index (χ2v) is 11.1. The van der Waals surface area contributed by atoms with Gasteiger partial charge in [-0.05, 0) is 60.4 Å². The van der Waals surface area contributed by atoms with Gasteiger partial charge in [0.05, 0.1) is 34.3 Å². The van der Waals surface area contributed by atoms with Crippen LogP contribution in [0.4, 0.5) is 5.69 Å². The van der Waals surface area contributed by atoms with Gasteiger partial charge in [-0.3, -0.25) is 0 Å². The van der Waals surface area contributed by atoms with Crippen LogP contribution >= 0.6 is 0 Å². The van der Waals surface area contributed by atoms with Gasteiger partial charge in [0, 0.05) is 5.92 Å². The average molecular weight is 512 g/mol. The molecule has 1 aliphatic heterocycles. The number of carboxylic acid groups (broad SMARTS) is 1. The van der Waals surface area contributed by atoms with Crippen molar-refractivity contribution in [1.29, 1.82) is 0 Å². The smallest absolute Gasteiger partial charge is 0.319 e. The number of nitrogens with zero attached hydrogens (tertiary/aromatic N) is 1. The van der Waals surface area contributed by atoms with Crippen molar-refractivity contribution >= 4 is 17.6 Å². The minimum atomic E-state index is -1.19. The molecule has 0 aromatic heterocycles. The first-order valence-corrected chi connectivity index (χ1v) is 13.0. The van der Waals surface area contributed by atoms with E-state index in [1.165, 1.54) is 0 Å². The van der Waals surface area contributed by atoms with Crippen molar-refractivity contribution in [1.82, 2.24) is 4.48 Å². The molecule has 7 heteroatoms. The van der Waals surface area contributed by atoms with Crippen LogP contribution in [0.15, 0.2) is 42.5 Å². The Morgan fingerprint density at radius 1 is 1.03 bits per heavy atom. The molecule has 37 heavy (non-hydrogen) atoms. The summed E-state index contributed by atoms with van der Waals surface area (Å²) in [6.45, 7) is 8.49. The third kappa shape index (κ3) is 5.61. The lowest BCUT2D eigenvalue weighted by molar-refractivity contribution is -0.313. The van der Waals surface area contributed by atoms with E-state index in [0.717, 1.165) is 12.0 Å². The van der Waals surface area contributed by atoms with Crippen molar-refractivity contribution in [3.8, 4) is 17.2 Å². The molecule has 3 rings (SSSR count). The van der Waals surface area contributed by atoms with Gasteiger partial charge in [-0.25, -0.2) is 9.28 Å². The summed E-state index contributed by atoms with van der Waals surface area (Å²) in [5.74, 6) is -0.263. The van der Waals surface area contributed by atoms with Gasteiger partial charge >= 0.3 is 5.91 Å². The SMILES string of the molecule is CCC(c1cc(OC)c(OC)c(OC)c1)C1CCC[N+](C(=O)CC(C)(C)C)(c2ccccc2)C1C(=O)[O-]. The van der Waals surface area contributed by atoms with Gasteiger partial charge < -0.3 is 24.1 Å².